The first-order chi connectivity index (χ1) is 18.1. The normalized spacial score (nSPS) is 33.0. The zero-order chi connectivity index (χ0) is 27.8. The van der Waals surface area contributed by atoms with E-state index in [4.69, 9.17) is 18.9 Å². The predicted octanol–water partition coefficient (Wildman–Crippen LogP) is -1.04. The van der Waals surface area contributed by atoms with Crippen LogP contribution in [-0.4, -0.2) is 111 Å². The number of aliphatic hydroxyl groups is 6. The molecule has 1 aliphatic carbocycles. The van der Waals surface area contributed by atoms with Gasteiger partial charge in [0.05, 0.1) is 39.6 Å². The molecule has 0 radical (unpaired) electrons. The van der Waals surface area contributed by atoms with Crippen LogP contribution < -0.4 is 9.47 Å². The van der Waals surface area contributed by atoms with E-state index < -0.39 is 61.4 Å². The van der Waals surface area contributed by atoms with Crippen molar-refractivity contribution >= 4 is 0 Å². The molecule has 0 aromatic heterocycles. The van der Waals surface area contributed by atoms with Crippen molar-refractivity contribution in [3.05, 3.63) is 47.0 Å². The second-order valence-electron chi connectivity index (χ2n) is 9.71. The third-order valence-electron chi connectivity index (χ3n) is 7.49. The van der Waals surface area contributed by atoms with E-state index in [2.05, 4.69) is 0 Å². The summed E-state index contributed by atoms with van der Waals surface area (Å²) in [6.45, 7) is -1.64. The number of aromatic hydroxyl groups is 2. The Morgan fingerprint density at radius 2 is 1.61 bits per heavy atom. The third-order valence-corrected chi connectivity index (χ3v) is 7.49. The molecule has 1 aliphatic heterocycles. The number of aliphatic hydroxyl groups excluding tert-OH is 5. The van der Waals surface area contributed by atoms with Gasteiger partial charge in [0.15, 0.2) is 29.3 Å². The summed E-state index contributed by atoms with van der Waals surface area (Å²) in [6, 6.07) is 7.66. The Hall–Kier alpha value is -2.68. The van der Waals surface area contributed by atoms with Crippen LogP contribution in [0.4, 0.5) is 0 Å². The van der Waals surface area contributed by atoms with E-state index >= 15 is 0 Å². The predicted molar refractivity (Wildman–Crippen MR) is 130 cm³/mol. The Kier molecular flexibility index (Phi) is 8.35. The molecule has 0 bridgehead atoms. The van der Waals surface area contributed by atoms with Crippen molar-refractivity contribution in [3.63, 3.8) is 0 Å². The van der Waals surface area contributed by atoms with Crippen molar-refractivity contribution in [1.82, 2.24) is 0 Å². The molecule has 0 unspecified atom stereocenters. The molecule has 0 amide bonds. The second-order valence-corrected chi connectivity index (χ2v) is 9.71. The van der Waals surface area contributed by atoms with Gasteiger partial charge < -0.3 is 59.8 Å². The summed E-state index contributed by atoms with van der Waals surface area (Å²) in [4.78, 5) is 0. The highest BCUT2D eigenvalue weighted by molar-refractivity contribution is 5.54. The first-order valence-electron chi connectivity index (χ1n) is 12.1. The minimum Gasteiger partial charge on any atom is -0.504 e. The van der Waals surface area contributed by atoms with E-state index in [0.717, 1.165) is 0 Å². The SMILES string of the molecule is COc1cc([C@H]2c3cc(O)c(OC)cc3C[C@@](O)(CO)[C@@H]2CO[C@@H]2O[C@H](CO)[C@@H](O)[C@H](O)[C@H]2O)ccc1O. The van der Waals surface area contributed by atoms with E-state index in [-0.39, 0.29) is 36.0 Å². The van der Waals surface area contributed by atoms with Crippen LogP contribution in [-0.2, 0) is 15.9 Å². The molecule has 8 atom stereocenters. The summed E-state index contributed by atoms with van der Waals surface area (Å²) >= 11 is 0. The molecular formula is C26H34O12. The number of rotatable bonds is 8. The monoisotopic (exact) mass is 538 g/mol. The number of ether oxygens (including phenoxy) is 4. The van der Waals surface area contributed by atoms with Gasteiger partial charge >= 0.3 is 0 Å². The first kappa shape index (κ1) is 28.3. The first-order valence-corrected chi connectivity index (χ1v) is 12.1. The molecular weight excluding hydrogens is 504 g/mol. The number of phenols is 2. The Morgan fingerprint density at radius 1 is 0.921 bits per heavy atom. The summed E-state index contributed by atoms with van der Waals surface area (Å²) in [6.07, 6.45) is -7.58. The minimum atomic E-state index is -1.76. The molecule has 12 nitrogen and oxygen atoms in total. The summed E-state index contributed by atoms with van der Waals surface area (Å²) < 4.78 is 21.8. The largest absolute Gasteiger partial charge is 0.504 e. The molecule has 4 rings (SSSR count). The summed E-state index contributed by atoms with van der Waals surface area (Å²) in [5.74, 6) is -1.56. The quantitative estimate of drug-likeness (QED) is 0.203. The van der Waals surface area contributed by atoms with Crippen LogP contribution in [0.1, 0.15) is 22.6 Å². The topological polar surface area (TPSA) is 199 Å². The zero-order valence-electron chi connectivity index (χ0n) is 21.0. The molecule has 8 N–H and O–H groups in total. The van der Waals surface area contributed by atoms with Gasteiger partial charge in [-0.05, 0) is 41.0 Å². The number of hydrogen-bond donors (Lipinski definition) is 8. The summed E-state index contributed by atoms with van der Waals surface area (Å²) in [5.41, 5.74) is -0.0211. The summed E-state index contributed by atoms with van der Waals surface area (Å²) in [7, 11) is 2.77. The molecule has 0 spiro atoms. The van der Waals surface area contributed by atoms with E-state index in [0.29, 0.717) is 16.7 Å². The van der Waals surface area contributed by atoms with E-state index in [1.54, 1.807) is 18.2 Å². The molecule has 2 aliphatic rings. The van der Waals surface area contributed by atoms with Crippen LogP contribution in [0.25, 0.3) is 0 Å². The van der Waals surface area contributed by atoms with Crippen molar-refractivity contribution in [2.45, 2.75) is 48.6 Å². The van der Waals surface area contributed by atoms with Crippen molar-refractivity contribution in [1.29, 1.82) is 0 Å². The fraction of sp³-hybridized carbons (Fsp3) is 0.538. The van der Waals surface area contributed by atoms with Gasteiger partial charge in [0.1, 0.15) is 24.4 Å². The lowest BCUT2D eigenvalue weighted by Gasteiger charge is -2.46. The Balaban J connectivity index is 1.77. The van der Waals surface area contributed by atoms with Gasteiger partial charge in [-0.25, -0.2) is 0 Å². The van der Waals surface area contributed by atoms with E-state index in [9.17, 15) is 40.9 Å². The molecule has 38 heavy (non-hydrogen) atoms. The molecule has 2 aromatic rings. The van der Waals surface area contributed by atoms with E-state index in [1.165, 1.54) is 26.4 Å². The number of phenolic OH excluding ortho intramolecular Hbond substituents is 2. The lowest BCUT2D eigenvalue weighted by atomic mass is 9.64. The number of hydrogen-bond acceptors (Lipinski definition) is 12. The van der Waals surface area contributed by atoms with Gasteiger partial charge in [-0.15, -0.1) is 0 Å². The fourth-order valence-electron chi connectivity index (χ4n) is 5.35. The van der Waals surface area contributed by atoms with Crippen molar-refractivity contribution in [2.24, 2.45) is 5.92 Å². The Morgan fingerprint density at radius 3 is 2.24 bits per heavy atom. The maximum absolute atomic E-state index is 11.7. The fourth-order valence-corrected chi connectivity index (χ4v) is 5.35. The van der Waals surface area contributed by atoms with Gasteiger partial charge in [0.25, 0.3) is 0 Å². The second kappa shape index (κ2) is 11.2. The van der Waals surface area contributed by atoms with Gasteiger partial charge in [0.2, 0.25) is 0 Å². The zero-order valence-corrected chi connectivity index (χ0v) is 21.0. The van der Waals surface area contributed by atoms with Gasteiger partial charge in [-0.2, -0.15) is 0 Å². The van der Waals surface area contributed by atoms with Crippen LogP contribution in [0.2, 0.25) is 0 Å². The lowest BCUT2D eigenvalue weighted by molar-refractivity contribution is -0.306. The van der Waals surface area contributed by atoms with Gasteiger partial charge in [-0.3, -0.25) is 0 Å². The van der Waals surface area contributed by atoms with Crippen molar-refractivity contribution in [3.8, 4) is 23.0 Å². The minimum absolute atomic E-state index is 0.0378. The molecule has 1 fully saturated rings. The molecule has 210 valence electrons. The van der Waals surface area contributed by atoms with E-state index in [1.807, 2.05) is 0 Å². The third kappa shape index (κ3) is 5.01. The highest BCUT2D eigenvalue weighted by atomic mass is 16.7. The molecule has 1 saturated heterocycles. The van der Waals surface area contributed by atoms with Gasteiger partial charge in [0, 0.05) is 18.3 Å². The molecule has 1 heterocycles. The number of fused-ring (bicyclic) bond motifs is 1. The molecule has 2 aromatic carbocycles. The Bertz CT molecular complexity index is 1120. The van der Waals surface area contributed by atoms with Crippen LogP contribution in [0.5, 0.6) is 23.0 Å². The Labute approximate surface area is 218 Å². The standard InChI is InChI=1S/C26H34O12/c1-35-18-5-12(3-4-16(18)29)21-14-7-17(30)19(36-2)6-13(14)8-26(34,11-28)15(21)10-37-25-24(33)23(32)22(31)20(9-27)38-25/h3-7,15,20-25,27-34H,8-11H2,1-2H3/t15-,20-,21+,22-,23+,24-,25-,26-/m1/s1. The summed E-state index contributed by atoms with van der Waals surface area (Å²) in [5, 5.41) is 82.9. The maximum Gasteiger partial charge on any atom is 0.186 e. The van der Waals surface area contributed by atoms with Crippen LogP contribution in [0, 0.1) is 5.92 Å². The maximum atomic E-state index is 11.7. The van der Waals surface area contributed by atoms with Crippen molar-refractivity contribution in [2.75, 3.05) is 34.0 Å². The van der Waals surface area contributed by atoms with Crippen LogP contribution in [0.3, 0.4) is 0 Å². The average molecular weight is 539 g/mol. The number of methoxy groups -OCH3 is 2. The highest BCUT2D eigenvalue weighted by Crippen LogP contribution is 2.49. The lowest BCUT2D eigenvalue weighted by Crippen LogP contribution is -2.60. The molecule has 12 heteroatoms. The average Bonchev–Trinajstić information content (AvgIpc) is 2.91. The smallest absolute Gasteiger partial charge is 0.186 e. The van der Waals surface area contributed by atoms with Crippen LogP contribution in [0.15, 0.2) is 30.3 Å². The van der Waals surface area contributed by atoms with Crippen LogP contribution >= 0.6 is 0 Å². The highest BCUT2D eigenvalue weighted by Gasteiger charge is 2.50. The van der Waals surface area contributed by atoms with Gasteiger partial charge in [-0.1, -0.05) is 6.07 Å². The van der Waals surface area contributed by atoms with Crippen molar-refractivity contribution < 1.29 is 59.8 Å². The number of benzene rings is 2. The molecule has 0 saturated carbocycles.